The molecule has 0 aromatic rings. The van der Waals surface area contributed by atoms with Crippen molar-refractivity contribution >= 4 is 17.9 Å². The third kappa shape index (κ3) is 60.6. The molecule has 0 heterocycles. The van der Waals surface area contributed by atoms with Gasteiger partial charge in [-0.15, -0.1) is 0 Å². The molecule has 6 nitrogen and oxygen atoms in total. The first-order valence-corrected chi connectivity index (χ1v) is 31.0. The Morgan fingerprint density at radius 1 is 0.280 bits per heavy atom. The Kier molecular flexibility index (Phi) is 58.9. The van der Waals surface area contributed by atoms with Crippen LogP contribution in [0.2, 0.25) is 0 Å². The van der Waals surface area contributed by atoms with E-state index in [-0.39, 0.29) is 44.0 Å². The third-order valence-corrected chi connectivity index (χ3v) is 12.9. The van der Waals surface area contributed by atoms with E-state index in [1.165, 1.54) is 148 Å². The van der Waals surface area contributed by atoms with Crippen molar-refractivity contribution < 1.29 is 28.6 Å². The van der Waals surface area contributed by atoms with Crippen LogP contribution in [0, 0.1) is 0 Å². The van der Waals surface area contributed by atoms with E-state index in [1.54, 1.807) is 0 Å². The largest absolute Gasteiger partial charge is 0.462 e. The van der Waals surface area contributed by atoms with Gasteiger partial charge in [0, 0.05) is 19.3 Å². The number of carbonyl (C=O) groups excluding carboxylic acids is 3. The predicted octanol–water partition coefficient (Wildman–Crippen LogP) is 21.2. The summed E-state index contributed by atoms with van der Waals surface area (Å²) < 4.78 is 16.8. The molecular weight excluding hydrogens is 925 g/mol. The molecule has 0 amide bonds. The van der Waals surface area contributed by atoms with Gasteiger partial charge in [-0.25, -0.2) is 0 Å². The number of hydrogen-bond acceptors (Lipinski definition) is 6. The maximum atomic E-state index is 12.9. The van der Waals surface area contributed by atoms with Crippen LogP contribution in [-0.2, 0) is 28.6 Å². The molecule has 0 rings (SSSR count). The summed E-state index contributed by atoms with van der Waals surface area (Å²) in [5.41, 5.74) is 0. The van der Waals surface area contributed by atoms with E-state index in [9.17, 15) is 14.4 Å². The van der Waals surface area contributed by atoms with Crippen molar-refractivity contribution in [1.29, 1.82) is 0 Å². The number of ether oxygens (including phenoxy) is 3. The van der Waals surface area contributed by atoms with Gasteiger partial charge in [-0.3, -0.25) is 14.4 Å². The number of unbranched alkanes of at least 4 members (excludes halogenated alkanes) is 24. The summed E-state index contributed by atoms with van der Waals surface area (Å²) in [6, 6.07) is 0. The van der Waals surface area contributed by atoms with Crippen molar-refractivity contribution in [3.8, 4) is 0 Å². The molecule has 1 atom stereocenters. The lowest BCUT2D eigenvalue weighted by atomic mass is 10.0. The molecular formula is C69H114O6. The van der Waals surface area contributed by atoms with Crippen LogP contribution < -0.4 is 0 Å². The van der Waals surface area contributed by atoms with E-state index in [4.69, 9.17) is 14.2 Å². The fourth-order valence-electron chi connectivity index (χ4n) is 8.30. The van der Waals surface area contributed by atoms with Gasteiger partial charge in [0.15, 0.2) is 6.10 Å². The van der Waals surface area contributed by atoms with Crippen LogP contribution in [0.4, 0.5) is 0 Å². The number of hydrogen-bond donors (Lipinski definition) is 0. The molecule has 0 unspecified atom stereocenters. The number of esters is 3. The molecule has 0 aliphatic carbocycles. The van der Waals surface area contributed by atoms with Crippen LogP contribution in [0.3, 0.4) is 0 Å². The number of rotatable bonds is 55. The average molecular weight is 1040 g/mol. The Morgan fingerprint density at radius 2 is 0.560 bits per heavy atom. The molecule has 0 fully saturated rings. The summed E-state index contributed by atoms with van der Waals surface area (Å²) >= 11 is 0. The normalized spacial score (nSPS) is 12.9. The molecule has 6 heteroatoms. The Bertz CT molecular complexity index is 1570. The van der Waals surface area contributed by atoms with Crippen molar-refractivity contribution in [3.05, 3.63) is 122 Å². The van der Waals surface area contributed by atoms with Crippen molar-refractivity contribution in [2.75, 3.05) is 13.2 Å². The monoisotopic (exact) mass is 1040 g/mol. The topological polar surface area (TPSA) is 78.9 Å². The van der Waals surface area contributed by atoms with Gasteiger partial charge >= 0.3 is 17.9 Å². The zero-order valence-electron chi connectivity index (χ0n) is 48.8. The standard InChI is InChI=1S/C69H114O6/c1-4-7-10-13-16-19-22-25-28-31-33-34-36-39-41-44-47-50-53-56-59-62-68(71)74-65-66(75-69(72)63-60-57-54-51-48-45-42-37-30-27-24-21-18-15-12-9-6-3)64-73-67(70)61-58-55-52-49-46-43-40-38-35-32-29-26-23-20-17-14-11-8-5-2/h8,11,17,20,25-30,35,38,42-43,45-46,51-52,54-55,66H,4-7,9-10,12-16,18-19,21-24,31-34,36-37,39-41,44,47-50,53,56-65H2,1-3H3/b11-8-,20-17-,28-25-,29-26-,30-27-,38-35-,45-42-,46-43-,54-51-,55-52-/t66-/m1/s1. The molecule has 426 valence electrons. The fourth-order valence-corrected chi connectivity index (χ4v) is 8.30. The van der Waals surface area contributed by atoms with Gasteiger partial charge in [-0.05, 0) is 116 Å². The second-order valence-corrected chi connectivity index (χ2v) is 20.2. The molecule has 0 radical (unpaired) electrons. The van der Waals surface area contributed by atoms with E-state index in [1.807, 2.05) is 6.08 Å². The van der Waals surface area contributed by atoms with E-state index in [2.05, 4.69) is 136 Å². The van der Waals surface area contributed by atoms with Gasteiger partial charge in [0.1, 0.15) is 13.2 Å². The summed E-state index contributed by atoms with van der Waals surface area (Å²) in [6.45, 7) is 6.42. The molecule has 0 N–H and O–H groups in total. The Labute approximate surface area is 462 Å². The molecule has 0 aromatic carbocycles. The van der Waals surface area contributed by atoms with Gasteiger partial charge in [0.25, 0.3) is 0 Å². The van der Waals surface area contributed by atoms with Crippen molar-refractivity contribution in [3.63, 3.8) is 0 Å². The van der Waals surface area contributed by atoms with Crippen molar-refractivity contribution in [2.24, 2.45) is 0 Å². The summed E-state index contributed by atoms with van der Waals surface area (Å²) in [5.74, 6) is -1.06. The first kappa shape index (κ1) is 70.8. The molecule has 0 saturated heterocycles. The SMILES string of the molecule is CC/C=C\C/C=C\C/C=C\C/C=C\C/C=C\C/C=C\CCC(=O)OC[C@H](COC(=O)CCCCCCCCCCCCC/C=C\CCCCCCCC)OC(=O)CCC/C=C\C/C=C\C/C=C\CCCCCCCC. The summed E-state index contributed by atoms with van der Waals surface area (Å²) in [5, 5.41) is 0. The third-order valence-electron chi connectivity index (χ3n) is 12.9. The zero-order valence-corrected chi connectivity index (χ0v) is 48.8. The molecule has 0 aliphatic heterocycles. The molecule has 0 saturated carbocycles. The summed E-state index contributed by atoms with van der Waals surface area (Å²) in [6.07, 6.45) is 86.5. The van der Waals surface area contributed by atoms with Crippen LogP contribution >= 0.6 is 0 Å². The van der Waals surface area contributed by atoms with Gasteiger partial charge < -0.3 is 14.2 Å². The van der Waals surface area contributed by atoms with Crippen LogP contribution in [0.5, 0.6) is 0 Å². The Balaban J connectivity index is 4.54. The number of allylic oxidation sites excluding steroid dienone is 20. The minimum Gasteiger partial charge on any atom is -0.462 e. The summed E-state index contributed by atoms with van der Waals surface area (Å²) in [4.78, 5) is 38.2. The van der Waals surface area contributed by atoms with Gasteiger partial charge in [0.2, 0.25) is 0 Å². The van der Waals surface area contributed by atoms with E-state index in [0.717, 1.165) is 77.0 Å². The van der Waals surface area contributed by atoms with Crippen molar-refractivity contribution in [2.45, 2.75) is 284 Å². The molecule has 0 bridgehead atoms. The fraction of sp³-hybridized carbons (Fsp3) is 0.667. The first-order valence-electron chi connectivity index (χ1n) is 31.0. The smallest absolute Gasteiger partial charge is 0.306 e. The van der Waals surface area contributed by atoms with Crippen LogP contribution in [0.25, 0.3) is 0 Å². The highest BCUT2D eigenvalue weighted by molar-refractivity contribution is 5.71. The molecule has 0 spiro atoms. The van der Waals surface area contributed by atoms with E-state index >= 15 is 0 Å². The minimum absolute atomic E-state index is 0.124. The lowest BCUT2D eigenvalue weighted by Gasteiger charge is -2.18. The first-order chi connectivity index (χ1) is 37.0. The molecule has 0 aliphatic rings. The maximum absolute atomic E-state index is 12.9. The second-order valence-electron chi connectivity index (χ2n) is 20.2. The number of carbonyl (C=O) groups is 3. The highest BCUT2D eigenvalue weighted by Crippen LogP contribution is 2.15. The van der Waals surface area contributed by atoms with Crippen LogP contribution in [-0.4, -0.2) is 37.2 Å². The average Bonchev–Trinajstić information content (AvgIpc) is 3.41. The van der Waals surface area contributed by atoms with Crippen LogP contribution in [0.15, 0.2) is 122 Å². The highest BCUT2D eigenvalue weighted by Gasteiger charge is 2.19. The van der Waals surface area contributed by atoms with E-state index < -0.39 is 6.10 Å². The van der Waals surface area contributed by atoms with E-state index in [0.29, 0.717) is 19.3 Å². The minimum atomic E-state index is -0.839. The Morgan fingerprint density at radius 3 is 0.947 bits per heavy atom. The maximum Gasteiger partial charge on any atom is 0.306 e. The lowest BCUT2D eigenvalue weighted by Crippen LogP contribution is -2.30. The molecule has 75 heavy (non-hydrogen) atoms. The predicted molar refractivity (Wildman–Crippen MR) is 325 cm³/mol. The van der Waals surface area contributed by atoms with Crippen molar-refractivity contribution in [1.82, 2.24) is 0 Å². The Hall–Kier alpha value is -4.19. The highest BCUT2D eigenvalue weighted by atomic mass is 16.6. The van der Waals surface area contributed by atoms with Gasteiger partial charge in [-0.1, -0.05) is 264 Å². The van der Waals surface area contributed by atoms with Gasteiger partial charge in [-0.2, -0.15) is 0 Å². The summed E-state index contributed by atoms with van der Waals surface area (Å²) in [7, 11) is 0. The molecule has 0 aromatic heterocycles. The lowest BCUT2D eigenvalue weighted by molar-refractivity contribution is -0.166. The zero-order chi connectivity index (χ0) is 54.3. The second kappa shape index (κ2) is 62.4. The van der Waals surface area contributed by atoms with Crippen LogP contribution in [0.1, 0.15) is 278 Å². The quantitative estimate of drug-likeness (QED) is 0.0261. The van der Waals surface area contributed by atoms with Gasteiger partial charge in [0.05, 0.1) is 0 Å².